The van der Waals surface area contributed by atoms with Gasteiger partial charge in [-0.2, -0.15) is 0 Å². The first-order valence-corrected chi connectivity index (χ1v) is 9.32. The van der Waals surface area contributed by atoms with Crippen LogP contribution in [-0.2, 0) is 6.42 Å². The molecule has 1 aromatic carbocycles. The summed E-state index contributed by atoms with van der Waals surface area (Å²) < 4.78 is 2.06. The molecule has 2 aliphatic heterocycles. The van der Waals surface area contributed by atoms with Crippen molar-refractivity contribution in [3.8, 4) is 0 Å². The number of nitro groups is 1. The van der Waals surface area contributed by atoms with Crippen molar-refractivity contribution in [1.29, 1.82) is 0 Å². The minimum Gasteiger partial charge on any atom is -0.258 e. The highest BCUT2D eigenvalue weighted by atomic mass is 32.2. The molecule has 0 N–H and O–H groups in total. The second-order valence-corrected chi connectivity index (χ2v) is 7.99. The van der Waals surface area contributed by atoms with Crippen LogP contribution in [0.5, 0.6) is 0 Å². The van der Waals surface area contributed by atoms with E-state index in [-0.39, 0.29) is 16.0 Å². The zero-order valence-corrected chi connectivity index (χ0v) is 14.8. The zero-order chi connectivity index (χ0) is 16.8. The molecule has 4 rings (SSSR count). The highest BCUT2D eigenvalue weighted by Crippen LogP contribution is 2.51. The average Bonchev–Trinajstić information content (AvgIpc) is 3.19. The second kappa shape index (κ2) is 5.82. The first-order valence-electron chi connectivity index (χ1n) is 7.56. The molecule has 1 unspecified atom stereocenters. The van der Waals surface area contributed by atoms with Crippen LogP contribution in [0, 0.1) is 16.0 Å². The number of thioether (sulfide) groups is 2. The molecule has 24 heavy (non-hydrogen) atoms. The van der Waals surface area contributed by atoms with E-state index < -0.39 is 0 Å². The van der Waals surface area contributed by atoms with Crippen molar-refractivity contribution in [2.45, 2.75) is 30.8 Å². The van der Waals surface area contributed by atoms with Gasteiger partial charge in [0.15, 0.2) is 5.82 Å². The molecule has 0 saturated carbocycles. The Kier molecular flexibility index (Phi) is 3.76. The third-order valence-corrected chi connectivity index (χ3v) is 5.98. The Hall–Kier alpha value is -2.00. The lowest BCUT2D eigenvalue weighted by molar-refractivity contribution is -0.384. The van der Waals surface area contributed by atoms with Crippen LogP contribution in [0.2, 0.25) is 0 Å². The Balaban J connectivity index is 1.72. The summed E-state index contributed by atoms with van der Waals surface area (Å²) in [6.45, 7) is 4.30. The summed E-state index contributed by atoms with van der Waals surface area (Å²) in [5, 5.41) is 25.8. The molecule has 7 nitrogen and oxygen atoms in total. The molecule has 2 aliphatic rings. The van der Waals surface area contributed by atoms with Crippen LogP contribution in [0.4, 0.5) is 5.69 Å². The summed E-state index contributed by atoms with van der Waals surface area (Å²) >= 11 is 3.23. The lowest BCUT2D eigenvalue weighted by Gasteiger charge is -2.26. The van der Waals surface area contributed by atoms with Crippen molar-refractivity contribution in [1.82, 2.24) is 14.9 Å². The molecule has 9 heteroatoms. The molecule has 0 fully saturated rings. The van der Waals surface area contributed by atoms with Gasteiger partial charge >= 0.3 is 0 Å². The Bertz CT molecular complexity index is 848. The average molecular weight is 361 g/mol. The van der Waals surface area contributed by atoms with Crippen LogP contribution in [0.25, 0.3) is 0 Å². The van der Waals surface area contributed by atoms with Gasteiger partial charge in [-0.3, -0.25) is 15.1 Å². The molecule has 1 aromatic heterocycles. The van der Waals surface area contributed by atoms with Gasteiger partial charge in [0.05, 0.1) is 4.92 Å². The van der Waals surface area contributed by atoms with Gasteiger partial charge in [-0.25, -0.2) is 4.68 Å². The van der Waals surface area contributed by atoms with Gasteiger partial charge in [-0.1, -0.05) is 37.7 Å². The first-order chi connectivity index (χ1) is 11.5. The standard InChI is InChI=1S/C15H15N5O2S2/c1-9(2)6-12-16-17-15-18(12)19-13(24-15)8-23-14(19)10-4-3-5-11(7-10)20(21)22/h3-5,7-9,14H,6H2,1-2H3. The minimum absolute atomic E-state index is 0.0458. The fourth-order valence-electron chi connectivity index (χ4n) is 2.80. The second-order valence-electron chi connectivity index (χ2n) is 6.05. The maximum atomic E-state index is 11.1. The molecule has 0 spiro atoms. The molecule has 1 atom stereocenters. The quantitative estimate of drug-likeness (QED) is 0.607. The van der Waals surface area contributed by atoms with E-state index in [0.29, 0.717) is 5.92 Å². The predicted molar refractivity (Wildman–Crippen MR) is 94.1 cm³/mol. The molecule has 0 radical (unpaired) electrons. The molecular formula is C15H15N5O2S2. The van der Waals surface area contributed by atoms with Crippen molar-refractivity contribution in [2.24, 2.45) is 5.92 Å². The smallest absolute Gasteiger partial charge is 0.258 e. The highest BCUT2D eigenvalue weighted by molar-refractivity contribution is 8.07. The zero-order valence-electron chi connectivity index (χ0n) is 13.1. The number of nitrogens with zero attached hydrogens (tertiary/aromatic N) is 5. The van der Waals surface area contributed by atoms with E-state index in [1.54, 1.807) is 35.7 Å². The minimum atomic E-state index is -0.357. The third kappa shape index (κ3) is 2.48. The lowest BCUT2D eigenvalue weighted by atomic mass is 10.1. The fraction of sp³-hybridized carbons (Fsp3) is 0.333. The van der Waals surface area contributed by atoms with Crippen molar-refractivity contribution in [3.63, 3.8) is 0 Å². The Morgan fingerprint density at radius 3 is 2.96 bits per heavy atom. The largest absolute Gasteiger partial charge is 0.269 e. The van der Waals surface area contributed by atoms with Crippen molar-refractivity contribution < 1.29 is 4.92 Å². The Morgan fingerprint density at radius 1 is 1.38 bits per heavy atom. The van der Waals surface area contributed by atoms with Gasteiger partial charge < -0.3 is 0 Å². The monoisotopic (exact) mass is 361 g/mol. The summed E-state index contributed by atoms with van der Waals surface area (Å²) in [6, 6.07) is 6.82. The fourth-order valence-corrected chi connectivity index (χ4v) is 5.03. The van der Waals surface area contributed by atoms with Crippen LogP contribution >= 0.6 is 23.5 Å². The molecule has 2 aromatic rings. The topological polar surface area (TPSA) is 77.1 Å². The number of rotatable bonds is 4. The first kappa shape index (κ1) is 15.5. The number of benzene rings is 1. The van der Waals surface area contributed by atoms with Crippen LogP contribution in [-0.4, -0.2) is 19.8 Å². The van der Waals surface area contributed by atoms with E-state index in [4.69, 9.17) is 0 Å². The maximum Gasteiger partial charge on any atom is 0.269 e. The van der Waals surface area contributed by atoms with Crippen molar-refractivity contribution in [2.75, 3.05) is 5.01 Å². The number of non-ortho nitro benzene ring substituents is 1. The molecule has 124 valence electrons. The van der Waals surface area contributed by atoms with E-state index in [9.17, 15) is 10.1 Å². The summed E-state index contributed by atoms with van der Waals surface area (Å²) in [4.78, 5) is 10.7. The normalized spacial score (nSPS) is 18.7. The number of fused-ring (bicyclic) bond motifs is 3. The molecule has 3 heterocycles. The van der Waals surface area contributed by atoms with Gasteiger partial charge in [0.2, 0.25) is 5.16 Å². The summed E-state index contributed by atoms with van der Waals surface area (Å²) in [5.41, 5.74) is 1.01. The summed E-state index contributed by atoms with van der Waals surface area (Å²) in [7, 11) is 0. The number of aromatic nitrogens is 3. The number of hydrogen-bond donors (Lipinski definition) is 0. The highest BCUT2D eigenvalue weighted by Gasteiger charge is 2.39. The lowest BCUT2D eigenvalue weighted by Crippen LogP contribution is -2.31. The summed E-state index contributed by atoms with van der Waals surface area (Å²) in [6.07, 6.45) is 0.837. The van der Waals surface area contributed by atoms with Gasteiger partial charge in [0, 0.05) is 24.0 Å². The van der Waals surface area contributed by atoms with E-state index in [2.05, 4.69) is 39.1 Å². The SMILES string of the molecule is CC(C)Cc1nnc2n1N1C(=CSC1c1cccc([N+](=O)[O-])c1)S2. The Morgan fingerprint density at radius 2 is 2.21 bits per heavy atom. The molecular weight excluding hydrogens is 346 g/mol. The summed E-state index contributed by atoms with van der Waals surface area (Å²) in [5.74, 6) is 1.40. The van der Waals surface area contributed by atoms with Gasteiger partial charge in [-0.05, 0) is 23.2 Å². The van der Waals surface area contributed by atoms with Gasteiger partial charge in [0.1, 0.15) is 10.4 Å². The van der Waals surface area contributed by atoms with E-state index in [1.807, 2.05) is 6.07 Å². The van der Waals surface area contributed by atoms with Crippen LogP contribution in [0.15, 0.2) is 39.9 Å². The van der Waals surface area contributed by atoms with E-state index in [1.165, 1.54) is 6.07 Å². The Labute approximate surface area is 147 Å². The molecule has 0 aliphatic carbocycles. The van der Waals surface area contributed by atoms with Crippen LogP contribution < -0.4 is 5.01 Å². The molecule has 0 bridgehead atoms. The van der Waals surface area contributed by atoms with E-state index in [0.717, 1.165) is 28.0 Å². The van der Waals surface area contributed by atoms with E-state index >= 15 is 0 Å². The maximum absolute atomic E-state index is 11.1. The van der Waals surface area contributed by atoms with Crippen molar-refractivity contribution in [3.05, 3.63) is 56.2 Å². The third-order valence-electron chi connectivity index (χ3n) is 3.79. The van der Waals surface area contributed by atoms with Gasteiger partial charge in [-0.15, -0.1) is 10.2 Å². The predicted octanol–water partition coefficient (Wildman–Crippen LogP) is 3.67. The van der Waals surface area contributed by atoms with Crippen LogP contribution in [0.1, 0.15) is 30.6 Å². The molecule has 0 saturated heterocycles. The van der Waals surface area contributed by atoms with Gasteiger partial charge in [0.25, 0.3) is 5.69 Å². The number of hydrogen-bond acceptors (Lipinski definition) is 7. The van der Waals surface area contributed by atoms with Crippen molar-refractivity contribution >= 4 is 29.2 Å². The van der Waals surface area contributed by atoms with Crippen LogP contribution in [0.3, 0.4) is 0 Å². The number of nitro benzene ring substituents is 1. The molecule has 0 amide bonds.